The second kappa shape index (κ2) is 5.75. The molecule has 0 aliphatic heterocycles. The van der Waals surface area contributed by atoms with Gasteiger partial charge in [-0.3, -0.25) is 5.10 Å². The quantitative estimate of drug-likeness (QED) is 0.865. The fourth-order valence-electron chi connectivity index (χ4n) is 1.93. The van der Waals surface area contributed by atoms with E-state index in [4.69, 9.17) is 28.6 Å². The number of ether oxygens (including phenoxy) is 1. The van der Waals surface area contributed by atoms with Crippen molar-refractivity contribution in [3.8, 4) is 5.75 Å². The summed E-state index contributed by atoms with van der Waals surface area (Å²) in [5.41, 5.74) is 0.997. The summed E-state index contributed by atoms with van der Waals surface area (Å²) < 4.78 is 8.47. The van der Waals surface area contributed by atoms with Gasteiger partial charge in [-0.25, -0.2) is 0 Å². The molecule has 1 N–H and O–H groups in total. The number of aromatic amines is 1. The van der Waals surface area contributed by atoms with Gasteiger partial charge in [0.2, 0.25) is 0 Å². The molecule has 6 heteroatoms. The van der Waals surface area contributed by atoms with Gasteiger partial charge in [0.25, 0.3) is 0 Å². The predicted octanol–water partition coefficient (Wildman–Crippen LogP) is 4.06. The lowest BCUT2D eigenvalue weighted by atomic mass is 10.2. The zero-order valence-corrected chi connectivity index (χ0v) is 12.7. The topological polar surface area (TPSA) is 42.8 Å². The molecule has 4 nitrogen and oxygen atoms in total. The van der Waals surface area contributed by atoms with Gasteiger partial charge < -0.3 is 9.30 Å². The molecule has 102 valence electrons. The van der Waals surface area contributed by atoms with E-state index in [1.54, 1.807) is 0 Å². The number of H-pyrrole nitrogens is 1. The molecule has 1 atom stereocenters. The molecule has 0 saturated carbocycles. The van der Waals surface area contributed by atoms with Crippen LogP contribution >= 0.6 is 23.8 Å². The van der Waals surface area contributed by atoms with Crippen LogP contribution < -0.4 is 4.74 Å². The van der Waals surface area contributed by atoms with Crippen LogP contribution in [0, 0.1) is 11.7 Å². The highest BCUT2D eigenvalue weighted by atomic mass is 35.5. The largest absolute Gasteiger partial charge is 0.482 e. The summed E-state index contributed by atoms with van der Waals surface area (Å²) in [7, 11) is 0. The Morgan fingerprint density at radius 3 is 2.89 bits per heavy atom. The number of hydrogen-bond donors (Lipinski definition) is 1. The molecule has 1 aromatic heterocycles. The smallest absolute Gasteiger partial charge is 0.195 e. The summed E-state index contributed by atoms with van der Waals surface area (Å²) >= 11 is 11.1. The zero-order chi connectivity index (χ0) is 14.0. The molecule has 2 aromatic rings. The SMILES string of the molecule is CCn1c([C@@H](C)Oc2ccc(Cl)cc2C)n[nH]c1=S. The summed E-state index contributed by atoms with van der Waals surface area (Å²) in [5, 5.41) is 7.72. The van der Waals surface area contributed by atoms with E-state index in [9.17, 15) is 0 Å². The van der Waals surface area contributed by atoms with Crippen molar-refractivity contribution < 1.29 is 4.74 Å². The Labute approximate surface area is 122 Å². The minimum absolute atomic E-state index is 0.187. The Hall–Kier alpha value is -1.33. The van der Waals surface area contributed by atoms with Crippen LogP contribution in [-0.2, 0) is 6.54 Å². The molecule has 19 heavy (non-hydrogen) atoms. The second-order valence-electron chi connectivity index (χ2n) is 4.30. The van der Waals surface area contributed by atoms with Crippen molar-refractivity contribution in [3.05, 3.63) is 39.4 Å². The number of halogens is 1. The van der Waals surface area contributed by atoms with Crippen LogP contribution in [0.2, 0.25) is 5.02 Å². The van der Waals surface area contributed by atoms with E-state index in [-0.39, 0.29) is 6.10 Å². The van der Waals surface area contributed by atoms with Crippen LogP contribution in [0.15, 0.2) is 18.2 Å². The third-order valence-electron chi connectivity index (χ3n) is 2.91. The first-order valence-electron chi connectivity index (χ1n) is 6.10. The first-order chi connectivity index (χ1) is 9.02. The maximum atomic E-state index is 5.93. The molecular formula is C13H16ClN3OS. The Bertz CT molecular complexity index is 635. The maximum absolute atomic E-state index is 5.93. The summed E-state index contributed by atoms with van der Waals surface area (Å²) in [6.45, 7) is 6.70. The van der Waals surface area contributed by atoms with Crippen molar-refractivity contribution in [1.29, 1.82) is 0 Å². The molecular weight excluding hydrogens is 282 g/mol. The van der Waals surface area contributed by atoms with Crippen LogP contribution in [0.5, 0.6) is 5.75 Å². The van der Waals surface area contributed by atoms with Gasteiger partial charge in [0.1, 0.15) is 5.75 Å². The van der Waals surface area contributed by atoms with Crippen molar-refractivity contribution in [2.75, 3.05) is 0 Å². The third-order valence-corrected chi connectivity index (χ3v) is 3.46. The lowest BCUT2D eigenvalue weighted by Crippen LogP contribution is -2.11. The Morgan fingerprint density at radius 1 is 1.53 bits per heavy atom. The van der Waals surface area contributed by atoms with Gasteiger partial charge in [-0.2, -0.15) is 5.10 Å². The molecule has 0 saturated heterocycles. The fraction of sp³-hybridized carbons (Fsp3) is 0.385. The zero-order valence-electron chi connectivity index (χ0n) is 11.1. The monoisotopic (exact) mass is 297 g/mol. The van der Waals surface area contributed by atoms with Crippen LogP contribution in [-0.4, -0.2) is 14.8 Å². The summed E-state index contributed by atoms with van der Waals surface area (Å²) in [5.74, 6) is 1.59. The Balaban J connectivity index is 2.25. The molecule has 0 aliphatic rings. The van der Waals surface area contributed by atoms with Crippen LogP contribution in [0.3, 0.4) is 0 Å². The highest BCUT2D eigenvalue weighted by molar-refractivity contribution is 7.71. The number of aryl methyl sites for hydroxylation is 1. The molecule has 0 fully saturated rings. The molecule has 0 spiro atoms. The summed E-state index contributed by atoms with van der Waals surface area (Å²) in [6.07, 6.45) is -0.187. The van der Waals surface area contributed by atoms with Gasteiger partial charge in [0.05, 0.1) is 0 Å². The van der Waals surface area contributed by atoms with Gasteiger partial charge in [-0.15, -0.1) is 0 Å². The highest BCUT2D eigenvalue weighted by Gasteiger charge is 2.15. The van der Waals surface area contributed by atoms with Crippen LogP contribution in [0.25, 0.3) is 0 Å². The maximum Gasteiger partial charge on any atom is 0.195 e. The molecule has 0 aliphatic carbocycles. The molecule has 0 unspecified atom stereocenters. The third kappa shape index (κ3) is 2.98. The van der Waals surface area contributed by atoms with E-state index in [1.165, 1.54) is 0 Å². The van der Waals surface area contributed by atoms with Gasteiger partial charge in [0, 0.05) is 11.6 Å². The Morgan fingerprint density at radius 2 is 2.26 bits per heavy atom. The molecule has 1 aromatic carbocycles. The van der Waals surface area contributed by atoms with E-state index in [1.807, 2.05) is 43.5 Å². The molecule has 2 rings (SSSR count). The lowest BCUT2D eigenvalue weighted by molar-refractivity contribution is 0.209. The van der Waals surface area contributed by atoms with E-state index >= 15 is 0 Å². The number of aromatic nitrogens is 3. The van der Waals surface area contributed by atoms with Gasteiger partial charge >= 0.3 is 0 Å². The number of nitrogens with zero attached hydrogens (tertiary/aromatic N) is 2. The van der Waals surface area contributed by atoms with Crippen molar-refractivity contribution in [2.24, 2.45) is 0 Å². The van der Waals surface area contributed by atoms with Crippen LogP contribution in [0.4, 0.5) is 0 Å². The van der Waals surface area contributed by atoms with Crippen LogP contribution in [0.1, 0.15) is 31.3 Å². The minimum Gasteiger partial charge on any atom is -0.482 e. The molecule has 0 radical (unpaired) electrons. The lowest BCUT2D eigenvalue weighted by Gasteiger charge is -2.16. The van der Waals surface area contributed by atoms with E-state index in [0.29, 0.717) is 9.79 Å². The molecule has 0 amide bonds. The first-order valence-corrected chi connectivity index (χ1v) is 6.89. The number of nitrogens with one attached hydrogen (secondary N) is 1. The van der Waals surface area contributed by atoms with Crippen molar-refractivity contribution >= 4 is 23.8 Å². The average Bonchev–Trinajstić information content (AvgIpc) is 2.74. The van der Waals surface area contributed by atoms with E-state index in [2.05, 4.69) is 10.2 Å². The van der Waals surface area contributed by atoms with E-state index < -0.39 is 0 Å². The highest BCUT2D eigenvalue weighted by Crippen LogP contribution is 2.26. The van der Waals surface area contributed by atoms with Gasteiger partial charge in [0.15, 0.2) is 16.7 Å². The summed E-state index contributed by atoms with van der Waals surface area (Å²) in [4.78, 5) is 0. The number of rotatable bonds is 4. The molecule has 0 bridgehead atoms. The number of hydrogen-bond acceptors (Lipinski definition) is 3. The standard InChI is InChI=1S/C13H16ClN3OS/c1-4-17-12(15-16-13(17)19)9(3)18-11-6-5-10(14)7-8(11)2/h5-7,9H,4H2,1-3H3,(H,16,19)/t9-/m1/s1. The van der Waals surface area contributed by atoms with Crippen molar-refractivity contribution in [1.82, 2.24) is 14.8 Å². The first kappa shape index (κ1) is 14.1. The second-order valence-corrected chi connectivity index (χ2v) is 5.12. The van der Waals surface area contributed by atoms with E-state index in [0.717, 1.165) is 23.7 Å². The Kier molecular flexibility index (Phi) is 4.27. The van der Waals surface area contributed by atoms with Crippen molar-refractivity contribution in [3.63, 3.8) is 0 Å². The normalized spacial score (nSPS) is 12.4. The van der Waals surface area contributed by atoms with Gasteiger partial charge in [-0.05, 0) is 56.8 Å². The fourth-order valence-corrected chi connectivity index (χ4v) is 2.43. The minimum atomic E-state index is -0.187. The predicted molar refractivity (Wildman–Crippen MR) is 78.3 cm³/mol. The summed E-state index contributed by atoms with van der Waals surface area (Å²) in [6, 6.07) is 5.56. The van der Waals surface area contributed by atoms with Gasteiger partial charge in [-0.1, -0.05) is 11.6 Å². The number of benzene rings is 1. The average molecular weight is 298 g/mol. The van der Waals surface area contributed by atoms with Crippen molar-refractivity contribution in [2.45, 2.75) is 33.4 Å². The molecule has 1 heterocycles.